The van der Waals surface area contributed by atoms with E-state index in [0.717, 1.165) is 25.8 Å². The van der Waals surface area contributed by atoms with Gasteiger partial charge in [0.25, 0.3) is 0 Å². The molecule has 1 fully saturated rings. The van der Waals surface area contributed by atoms with Gasteiger partial charge in [0.15, 0.2) is 6.67 Å². The average molecular weight is 356 g/mol. The Morgan fingerprint density at radius 1 is 0.923 bits per heavy atom. The van der Waals surface area contributed by atoms with E-state index in [-0.39, 0.29) is 12.5 Å². The summed E-state index contributed by atoms with van der Waals surface area (Å²) in [5.74, 6) is -2.02. The van der Waals surface area contributed by atoms with Crippen molar-refractivity contribution < 1.29 is 23.7 Å². The first kappa shape index (κ1) is 17.8. The van der Waals surface area contributed by atoms with Crippen LogP contribution in [0.2, 0.25) is 0 Å². The van der Waals surface area contributed by atoms with Crippen LogP contribution in [-0.4, -0.2) is 36.5 Å². The Kier molecular flexibility index (Phi) is 4.81. The molecule has 1 atom stereocenters. The van der Waals surface area contributed by atoms with E-state index in [2.05, 4.69) is 0 Å². The number of carbonyl (C=O) groups is 3. The van der Waals surface area contributed by atoms with E-state index in [0.29, 0.717) is 12.2 Å². The maximum absolute atomic E-state index is 13.0. The first-order chi connectivity index (χ1) is 12.4. The standard InChI is InChI=1S/C19H18FN3O3/c1-13-3-9-16(10-4-13)23-18(25)17(24)22(19(23)26)12-21(2)11-14-5-7-15(20)8-6-14/h3-10H,11-12H2,1-2H3/p+1. The molecular weight excluding hydrogens is 337 g/mol. The highest BCUT2D eigenvalue weighted by Crippen LogP contribution is 2.21. The highest BCUT2D eigenvalue weighted by molar-refractivity contribution is 6.52. The summed E-state index contributed by atoms with van der Waals surface area (Å²) in [7, 11) is 1.79. The molecular formula is C19H19FN3O3+. The second-order valence-corrected chi connectivity index (χ2v) is 6.41. The molecule has 1 saturated heterocycles. The van der Waals surface area contributed by atoms with Gasteiger partial charge in [-0.1, -0.05) is 29.8 Å². The zero-order valence-corrected chi connectivity index (χ0v) is 14.5. The molecule has 0 radical (unpaired) electrons. The van der Waals surface area contributed by atoms with Crippen molar-refractivity contribution in [1.29, 1.82) is 0 Å². The van der Waals surface area contributed by atoms with Gasteiger partial charge in [0.1, 0.15) is 12.4 Å². The zero-order valence-electron chi connectivity index (χ0n) is 14.5. The van der Waals surface area contributed by atoms with E-state index in [9.17, 15) is 18.8 Å². The van der Waals surface area contributed by atoms with Gasteiger partial charge in [-0.25, -0.2) is 19.0 Å². The number of hydrogen-bond donors (Lipinski definition) is 1. The van der Waals surface area contributed by atoms with Crippen LogP contribution < -0.4 is 9.80 Å². The second-order valence-electron chi connectivity index (χ2n) is 6.41. The number of benzene rings is 2. The third-order valence-corrected chi connectivity index (χ3v) is 4.19. The van der Waals surface area contributed by atoms with Gasteiger partial charge in [-0.05, 0) is 31.2 Å². The van der Waals surface area contributed by atoms with Gasteiger partial charge >= 0.3 is 17.8 Å². The summed E-state index contributed by atoms with van der Waals surface area (Å²) in [5.41, 5.74) is 2.22. The minimum absolute atomic E-state index is 0.0448. The number of quaternary nitrogens is 1. The molecule has 0 saturated carbocycles. The Bertz CT molecular complexity index is 849. The Morgan fingerprint density at radius 2 is 1.54 bits per heavy atom. The molecule has 0 aliphatic carbocycles. The van der Waals surface area contributed by atoms with Crippen LogP contribution in [0.15, 0.2) is 48.5 Å². The molecule has 0 bridgehead atoms. The van der Waals surface area contributed by atoms with Crippen molar-refractivity contribution in [2.45, 2.75) is 13.5 Å². The molecule has 1 unspecified atom stereocenters. The van der Waals surface area contributed by atoms with Gasteiger partial charge in [0.2, 0.25) is 0 Å². The van der Waals surface area contributed by atoms with Gasteiger partial charge in [0.05, 0.1) is 12.7 Å². The number of carbonyl (C=O) groups excluding carboxylic acids is 3. The fourth-order valence-electron chi connectivity index (χ4n) is 2.84. The summed E-state index contributed by atoms with van der Waals surface area (Å²) >= 11 is 0. The van der Waals surface area contributed by atoms with Crippen LogP contribution in [0.3, 0.4) is 0 Å². The van der Waals surface area contributed by atoms with E-state index in [1.54, 1.807) is 43.4 Å². The fraction of sp³-hybridized carbons (Fsp3) is 0.211. The van der Waals surface area contributed by atoms with Crippen molar-refractivity contribution in [3.05, 3.63) is 65.5 Å². The average Bonchev–Trinajstić information content (AvgIpc) is 2.82. The number of urea groups is 1. The highest BCUT2D eigenvalue weighted by Gasteiger charge is 2.46. The Morgan fingerprint density at radius 3 is 2.15 bits per heavy atom. The van der Waals surface area contributed by atoms with Crippen molar-refractivity contribution in [1.82, 2.24) is 4.90 Å². The molecule has 7 heteroatoms. The van der Waals surface area contributed by atoms with Gasteiger partial charge in [0, 0.05) is 5.56 Å². The molecule has 1 N–H and O–H groups in total. The Hall–Kier alpha value is -3.06. The number of aryl methyl sites for hydroxylation is 1. The maximum atomic E-state index is 13.0. The molecule has 6 nitrogen and oxygen atoms in total. The monoisotopic (exact) mass is 356 g/mol. The van der Waals surface area contributed by atoms with E-state index in [4.69, 9.17) is 0 Å². The summed E-state index contributed by atoms with van der Waals surface area (Å²) < 4.78 is 13.0. The molecule has 26 heavy (non-hydrogen) atoms. The number of amides is 4. The van der Waals surface area contributed by atoms with Crippen LogP contribution in [0.1, 0.15) is 11.1 Å². The summed E-state index contributed by atoms with van der Waals surface area (Å²) in [4.78, 5) is 39.8. The molecule has 3 rings (SSSR count). The highest BCUT2D eigenvalue weighted by atomic mass is 19.1. The van der Waals surface area contributed by atoms with Crippen molar-refractivity contribution in [2.75, 3.05) is 18.6 Å². The summed E-state index contributed by atoms with van der Waals surface area (Å²) in [5, 5.41) is 0. The molecule has 4 amide bonds. The normalized spacial score (nSPS) is 15.7. The molecule has 2 aromatic carbocycles. The van der Waals surface area contributed by atoms with Crippen LogP contribution in [0, 0.1) is 12.7 Å². The third kappa shape index (κ3) is 3.48. The van der Waals surface area contributed by atoms with Crippen molar-refractivity contribution >= 4 is 23.5 Å². The van der Waals surface area contributed by atoms with Gasteiger partial charge in [-0.15, -0.1) is 0 Å². The predicted molar refractivity (Wildman–Crippen MR) is 92.8 cm³/mol. The van der Waals surface area contributed by atoms with Crippen LogP contribution >= 0.6 is 0 Å². The molecule has 1 heterocycles. The van der Waals surface area contributed by atoms with Crippen molar-refractivity contribution in [3.63, 3.8) is 0 Å². The number of nitrogens with one attached hydrogen (secondary N) is 1. The summed E-state index contributed by atoms with van der Waals surface area (Å²) in [6.45, 7) is 2.42. The second kappa shape index (κ2) is 7.05. The van der Waals surface area contributed by atoms with Gasteiger partial charge in [-0.2, -0.15) is 0 Å². The van der Waals surface area contributed by atoms with Gasteiger partial charge in [-0.3, -0.25) is 9.59 Å². The fourth-order valence-corrected chi connectivity index (χ4v) is 2.84. The number of imide groups is 2. The number of hydrogen-bond acceptors (Lipinski definition) is 3. The molecule has 1 aliphatic rings. The van der Waals surface area contributed by atoms with Crippen LogP contribution in [0.5, 0.6) is 0 Å². The van der Waals surface area contributed by atoms with E-state index in [1.807, 2.05) is 6.92 Å². The van der Waals surface area contributed by atoms with Gasteiger partial charge < -0.3 is 4.90 Å². The van der Waals surface area contributed by atoms with E-state index >= 15 is 0 Å². The topological polar surface area (TPSA) is 62.1 Å². The lowest BCUT2D eigenvalue weighted by Gasteiger charge is -2.20. The Labute approximate surface area is 150 Å². The molecule has 0 aromatic heterocycles. The SMILES string of the molecule is Cc1ccc(N2C(=O)C(=O)N(C[NH+](C)Cc3ccc(F)cc3)C2=O)cc1. The van der Waals surface area contributed by atoms with Crippen molar-refractivity contribution in [2.24, 2.45) is 0 Å². The Balaban J connectivity index is 1.72. The van der Waals surface area contributed by atoms with Crippen LogP contribution in [-0.2, 0) is 16.1 Å². The predicted octanol–water partition coefficient (Wildman–Crippen LogP) is 1.10. The first-order valence-electron chi connectivity index (χ1n) is 8.19. The lowest BCUT2D eigenvalue weighted by atomic mass is 10.2. The number of nitrogens with zero attached hydrogens (tertiary/aromatic N) is 2. The lowest BCUT2D eigenvalue weighted by Crippen LogP contribution is -3.09. The largest absolute Gasteiger partial charge is 0.343 e. The summed E-state index contributed by atoms with van der Waals surface area (Å²) in [6.07, 6.45) is 0. The third-order valence-electron chi connectivity index (χ3n) is 4.19. The number of rotatable bonds is 5. The molecule has 1 aliphatic heterocycles. The molecule has 134 valence electrons. The maximum Gasteiger partial charge on any atom is 0.343 e. The minimum atomic E-state index is -0.853. The summed E-state index contributed by atoms with van der Waals surface area (Å²) in [6, 6.07) is 12.2. The zero-order chi connectivity index (χ0) is 18.8. The lowest BCUT2D eigenvalue weighted by molar-refractivity contribution is -0.901. The number of halogens is 1. The minimum Gasteiger partial charge on any atom is -0.316 e. The van der Waals surface area contributed by atoms with Crippen molar-refractivity contribution in [3.8, 4) is 0 Å². The molecule has 2 aromatic rings. The quantitative estimate of drug-likeness (QED) is 0.645. The van der Waals surface area contributed by atoms with E-state index in [1.165, 1.54) is 12.1 Å². The first-order valence-corrected chi connectivity index (χ1v) is 8.19. The number of anilines is 1. The van der Waals surface area contributed by atoms with Crippen LogP contribution in [0.25, 0.3) is 0 Å². The smallest absolute Gasteiger partial charge is 0.316 e. The molecule has 0 spiro atoms. The van der Waals surface area contributed by atoms with Crippen LogP contribution in [0.4, 0.5) is 14.9 Å². The van der Waals surface area contributed by atoms with E-state index < -0.39 is 17.8 Å².